The maximum Gasteiger partial charge on any atom is 0.299 e. The number of aromatic nitrogens is 2. The Morgan fingerprint density at radius 3 is 2.71 bits per heavy atom. The number of hydrogen-bond acceptors (Lipinski definition) is 8. The van der Waals surface area contributed by atoms with Gasteiger partial charge in [0.05, 0.1) is 35.6 Å². The minimum atomic E-state index is -0.460. The van der Waals surface area contributed by atoms with Crippen molar-refractivity contribution in [2.45, 2.75) is 0 Å². The molecule has 28 heavy (non-hydrogen) atoms. The minimum absolute atomic E-state index is 0.0525. The fraction of sp³-hybridized carbons (Fsp3) is 0.0526. The van der Waals surface area contributed by atoms with Crippen molar-refractivity contribution in [3.05, 3.63) is 71.4 Å². The van der Waals surface area contributed by atoms with Gasteiger partial charge >= 0.3 is 0 Å². The Morgan fingerprint density at radius 2 is 1.96 bits per heavy atom. The van der Waals surface area contributed by atoms with Crippen molar-refractivity contribution in [3.8, 4) is 28.4 Å². The molecule has 0 bridgehead atoms. The molecule has 1 N–H and O–H groups in total. The molecule has 140 valence electrons. The summed E-state index contributed by atoms with van der Waals surface area (Å²) in [6.45, 7) is 0. The van der Waals surface area contributed by atoms with Crippen LogP contribution in [0.5, 0.6) is 5.75 Å². The number of nitro benzene ring substituents is 1. The first-order valence-corrected chi connectivity index (χ1v) is 8.19. The highest BCUT2D eigenvalue weighted by Gasteiger charge is 2.18. The molecular weight excluding hydrogens is 364 g/mol. The number of rotatable bonds is 6. The number of ether oxygens (including phenoxy) is 1. The molecule has 0 aliphatic carbocycles. The average molecular weight is 378 g/mol. The van der Waals surface area contributed by atoms with Gasteiger partial charge in [0.1, 0.15) is 5.75 Å². The normalized spacial score (nSPS) is 10.6. The summed E-state index contributed by atoms with van der Waals surface area (Å²) in [5.74, 6) is 1.45. The summed E-state index contributed by atoms with van der Waals surface area (Å²) in [4.78, 5) is 18.8. The number of nitrogens with zero attached hydrogens (tertiary/aromatic N) is 3. The van der Waals surface area contributed by atoms with Crippen LogP contribution in [0.2, 0.25) is 0 Å². The van der Waals surface area contributed by atoms with Crippen molar-refractivity contribution in [2.75, 3.05) is 12.4 Å². The number of anilines is 2. The third-order valence-electron chi connectivity index (χ3n) is 4.02. The van der Waals surface area contributed by atoms with Gasteiger partial charge in [0.25, 0.3) is 11.7 Å². The SMILES string of the molecule is COc1cc(Nc2ncc(-c3ccccc3[N+](=O)[O-])o2)ccc1-c1cnco1. The van der Waals surface area contributed by atoms with E-state index in [2.05, 4.69) is 15.3 Å². The van der Waals surface area contributed by atoms with Crippen LogP contribution in [0.25, 0.3) is 22.6 Å². The van der Waals surface area contributed by atoms with Gasteiger partial charge in [-0.25, -0.2) is 9.97 Å². The fourth-order valence-electron chi connectivity index (χ4n) is 2.74. The summed E-state index contributed by atoms with van der Waals surface area (Å²) < 4.78 is 16.4. The number of nitrogens with one attached hydrogen (secondary N) is 1. The van der Waals surface area contributed by atoms with Gasteiger partial charge in [-0.2, -0.15) is 0 Å². The number of para-hydroxylation sites is 1. The zero-order valence-corrected chi connectivity index (χ0v) is 14.7. The van der Waals surface area contributed by atoms with Crippen LogP contribution in [0.15, 0.2) is 70.1 Å². The Balaban J connectivity index is 1.60. The van der Waals surface area contributed by atoms with Gasteiger partial charge in [-0.1, -0.05) is 12.1 Å². The summed E-state index contributed by atoms with van der Waals surface area (Å²) in [6, 6.07) is 11.9. The van der Waals surface area contributed by atoms with Crippen LogP contribution in [0.1, 0.15) is 0 Å². The second-order valence-electron chi connectivity index (χ2n) is 5.71. The Labute approximate surface area is 158 Å². The lowest BCUT2D eigenvalue weighted by molar-refractivity contribution is -0.384. The summed E-state index contributed by atoms with van der Waals surface area (Å²) in [5, 5.41) is 14.2. The largest absolute Gasteiger partial charge is 0.496 e. The van der Waals surface area contributed by atoms with E-state index >= 15 is 0 Å². The van der Waals surface area contributed by atoms with Gasteiger partial charge in [0.2, 0.25) is 0 Å². The molecule has 0 aliphatic rings. The Morgan fingerprint density at radius 1 is 1.11 bits per heavy atom. The highest BCUT2D eigenvalue weighted by atomic mass is 16.6. The third kappa shape index (κ3) is 3.28. The first-order chi connectivity index (χ1) is 13.7. The average Bonchev–Trinajstić information content (AvgIpc) is 3.40. The molecule has 0 saturated carbocycles. The molecule has 0 radical (unpaired) electrons. The molecule has 0 saturated heterocycles. The van der Waals surface area contributed by atoms with Crippen LogP contribution in [0.3, 0.4) is 0 Å². The van der Waals surface area contributed by atoms with Crippen LogP contribution in [-0.4, -0.2) is 22.0 Å². The van der Waals surface area contributed by atoms with E-state index in [9.17, 15) is 10.1 Å². The van der Waals surface area contributed by atoms with E-state index in [-0.39, 0.29) is 11.7 Å². The highest BCUT2D eigenvalue weighted by Crippen LogP contribution is 2.34. The molecule has 0 aliphatic heterocycles. The zero-order valence-electron chi connectivity index (χ0n) is 14.7. The van der Waals surface area contributed by atoms with Crippen LogP contribution >= 0.6 is 0 Å². The second-order valence-corrected chi connectivity index (χ2v) is 5.71. The van der Waals surface area contributed by atoms with Gasteiger partial charge in [-0.15, -0.1) is 0 Å². The van der Waals surface area contributed by atoms with Crippen molar-refractivity contribution >= 4 is 17.4 Å². The molecule has 2 heterocycles. The van der Waals surface area contributed by atoms with Crippen molar-refractivity contribution in [1.82, 2.24) is 9.97 Å². The van der Waals surface area contributed by atoms with Crippen molar-refractivity contribution in [2.24, 2.45) is 0 Å². The third-order valence-corrected chi connectivity index (χ3v) is 4.02. The van der Waals surface area contributed by atoms with E-state index in [0.29, 0.717) is 28.5 Å². The first-order valence-electron chi connectivity index (χ1n) is 8.19. The van der Waals surface area contributed by atoms with Crippen LogP contribution in [0.4, 0.5) is 17.4 Å². The number of benzene rings is 2. The lowest BCUT2D eigenvalue weighted by Crippen LogP contribution is -1.93. The molecule has 0 unspecified atom stereocenters. The van der Waals surface area contributed by atoms with E-state index in [1.54, 1.807) is 43.6 Å². The lowest BCUT2D eigenvalue weighted by atomic mass is 10.1. The predicted octanol–water partition coefficient (Wildman–Crippen LogP) is 4.66. The van der Waals surface area contributed by atoms with Crippen molar-refractivity contribution in [3.63, 3.8) is 0 Å². The molecule has 0 atom stereocenters. The summed E-state index contributed by atoms with van der Waals surface area (Å²) in [7, 11) is 1.55. The van der Waals surface area contributed by atoms with E-state index in [1.165, 1.54) is 18.7 Å². The summed E-state index contributed by atoms with van der Waals surface area (Å²) in [5.41, 5.74) is 1.71. The maximum atomic E-state index is 11.2. The standard InChI is InChI=1S/C19H14N4O5/c1-26-16-8-12(6-7-14(16)17-9-20-11-27-17)22-19-21-10-18(28-19)13-4-2-3-5-15(13)23(24)25/h2-11H,1H3,(H,21,22). The number of oxazole rings is 2. The molecule has 0 spiro atoms. The zero-order chi connectivity index (χ0) is 19.5. The molecule has 9 nitrogen and oxygen atoms in total. The van der Waals surface area contributed by atoms with Crippen LogP contribution in [-0.2, 0) is 0 Å². The monoisotopic (exact) mass is 378 g/mol. The molecule has 2 aromatic carbocycles. The molecule has 2 aromatic heterocycles. The summed E-state index contributed by atoms with van der Waals surface area (Å²) >= 11 is 0. The van der Waals surface area contributed by atoms with Crippen molar-refractivity contribution in [1.29, 1.82) is 0 Å². The van der Waals surface area contributed by atoms with Gasteiger partial charge in [0, 0.05) is 17.8 Å². The topological polar surface area (TPSA) is 116 Å². The van der Waals surface area contributed by atoms with Crippen molar-refractivity contribution < 1.29 is 18.5 Å². The van der Waals surface area contributed by atoms with Crippen LogP contribution < -0.4 is 10.1 Å². The Kier molecular flexibility index (Phi) is 4.47. The first kappa shape index (κ1) is 17.3. The Bertz CT molecular complexity index is 1120. The van der Waals surface area contributed by atoms with Gasteiger partial charge in [0.15, 0.2) is 17.9 Å². The van der Waals surface area contributed by atoms with Gasteiger partial charge < -0.3 is 18.9 Å². The van der Waals surface area contributed by atoms with Gasteiger partial charge in [-0.3, -0.25) is 10.1 Å². The quantitative estimate of drug-likeness (QED) is 0.380. The molecule has 4 rings (SSSR count). The van der Waals surface area contributed by atoms with E-state index in [1.807, 2.05) is 6.07 Å². The molecule has 0 amide bonds. The van der Waals surface area contributed by atoms with E-state index in [0.717, 1.165) is 5.56 Å². The highest BCUT2D eigenvalue weighted by molar-refractivity contribution is 5.72. The van der Waals surface area contributed by atoms with E-state index in [4.69, 9.17) is 13.6 Å². The van der Waals surface area contributed by atoms with E-state index < -0.39 is 4.92 Å². The predicted molar refractivity (Wildman–Crippen MR) is 100 cm³/mol. The lowest BCUT2D eigenvalue weighted by Gasteiger charge is -2.09. The van der Waals surface area contributed by atoms with Gasteiger partial charge in [-0.05, 0) is 18.2 Å². The number of nitro groups is 1. The number of hydrogen-bond donors (Lipinski definition) is 1. The minimum Gasteiger partial charge on any atom is -0.496 e. The second kappa shape index (κ2) is 7.23. The Hall–Kier alpha value is -4.14. The molecule has 9 heteroatoms. The molecule has 0 fully saturated rings. The molecular formula is C19H14N4O5. The van der Waals surface area contributed by atoms with Crippen LogP contribution in [0, 0.1) is 10.1 Å². The maximum absolute atomic E-state index is 11.2. The number of methoxy groups -OCH3 is 1. The summed E-state index contributed by atoms with van der Waals surface area (Å²) in [6.07, 6.45) is 4.38. The smallest absolute Gasteiger partial charge is 0.299 e. The molecule has 4 aromatic rings. The fourth-order valence-corrected chi connectivity index (χ4v) is 2.74.